The van der Waals surface area contributed by atoms with Crippen molar-refractivity contribution in [2.75, 3.05) is 26.7 Å². The zero-order valence-corrected chi connectivity index (χ0v) is 16.8. The zero-order chi connectivity index (χ0) is 20.6. The van der Waals surface area contributed by atoms with Crippen LogP contribution in [0.25, 0.3) is 0 Å². The summed E-state index contributed by atoms with van der Waals surface area (Å²) in [5.74, 6) is 0.813. The van der Waals surface area contributed by atoms with Crippen LogP contribution in [-0.2, 0) is 9.59 Å². The monoisotopic (exact) mass is 401 g/mol. The summed E-state index contributed by atoms with van der Waals surface area (Å²) in [7, 11) is 1.64. The zero-order valence-electron chi connectivity index (χ0n) is 16.8. The molecule has 1 N–H and O–H groups in total. The van der Waals surface area contributed by atoms with Gasteiger partial charge in [-0.3, -0.25) is 14.5 Å². The number of carbonyl (C=O) groups excluding carboxylic acids is 3. The van der Waals surface area contributed by atoms with Gasteiger partial charge in [0.05, 0.1) is 6.54 Å². The van der Waals surface area contributed by atoms with Crippen molar-refractivity contribution in [2.24, 2.45) is 5.92 Å². The van der Waals surface area contributed by atoms with Gasteiger partial charge >= 0.3 is 6.03 Å². The van der Waals surface area contributed by atoms with Crippen molar-refractivity contribution < 1.29 is 23.9 Å². The molecule has 1 aromatic rings. The molecule has 0 bridgehead atoms. The molecule has 3 atom stereocenters. The predicted octanol–water partition coefficient (Wildman–Crippen LogP) is 1.79. The Morgan fingerprint density at radius 2 is 2.03 bits per heavy atom. The topological polar surface area (TPSA) is 88.2 Å². The van der Waals surface area contributed by atoms with E-state index in [0.717, 1.165) is 24.2 Å². The number of nitrogens with zero attached hydrogens (tertiary/aromatic N) is 2. The van der Waals surface area contributed by atoms with Crippen LogP contribution < -0.4 is 14.8 Å². The molecule has 3 unspecified atom stereocenters. The third-order valence-electron chi connectivity index (χ3n) is 6.27. The second-order valence-electron chi connectivity index (χ2n) is 8.21. The smallest absolute Gasteiger partial charge is 0.325 e. The molecule has 8 nitrogen and oxygen atoms in total. The average molecular weight is 401 g/mol. The first-order valence-electron chi connectivity index (χ1n) is 10.2. The fourth-order valence-electron chi connectivity index (χ4n) is 4.46. The number of urea groups is 1. The number of hydrogen-bond donors (Lipinski definition) is 1. The SMILES string of the molecule is CC1CCCCC12NC(=O)N(CC(=O)N(C)CC1COc3ccccc3O1)C2=O. The van der Waals surface area contributed by atoms with Crippen molar-refractivity contribution in [3.05, 3.63) is 24.3 Å². The highest BCUT2D eigenvalue weighted by atomic mass is 16.6. The number of fused-ring (bicyclic) bond motifs is 1. The van der Waals surface area contributed by atoms with Gasteiger partial charge in [-0.05, 0) is 30.9 Å². The molecule has 29 heavy (non-hydrogen) atoms. The van der Waals surface area contributed by atoms with Gasteiger partial charge < -0.3 is 19.7 Å². The summed E-state index contributed by atoms with van der Waals surface area (Å²) < 4.78 is 11.6. The van der Waals surface area contributed by atoms with Crippen LogP contribution in [-0.4, -0.2) is 66.0 Å². The third kappa shape index (κ3) is 3.52. The number of likely N-dealkylation sites (N-methyl/N-ethyl adjacent to an activating group) is 1. The summed E-state index contributed by atoms with van der Waals surface area (Å²) in [6.07, 6.45) is 3.17. The number of rotatable bonds is 4. The Hall–Kier alpha value is -2.77. The quantitative estimate of drug-likeness (QED) is 0.777. The van der Waals surface area contributed by atoms with Gasteiger partial charge in [0.25, 0.3) is 5.91 Å². The van der Waals surface area contributed by atoms with Gasteiger partial charge in [0.2, 0.25) is 5.91 Å². The van der Waals surface area contributed by atoms with Crippen molar-refractivity contribution in [2.45, 2.75) is 44.2 Å². The second-order valence-corrected chi connectivity index (χ2v) is 8.21. The third-order valence-corrected chi connectivity index (χ3v) is 6.27. The van der Waals surface area contributed by atoms with Gasteiger partial charge in [-0.1, -0.05) is 31.9 Å². The Bertz CT molecular complexity index is 828. The molecular formula is C21H27N3O5. The van der Waals surface area contributed by atoms with E-state index in [1.165, 1.54) is 4.90 Å². The normalized spacial score (nSPS) is 28.4. The van der Waals surface area contributed by atoms with Gasteiger partial charge in [-0.25, -0.2) is 4.79 Å². The maximum absolute atomic E-state index is 13.0. The predicted molar refractivity (Wildman–Crippen MR) is 105 cm³/mol. The molecule has 2 aliphatic heterocycles. The van der Waals surface area contributed by atoms with Crippen LogP contribution in [0.4, 0.5) is 4.79 Å². The maximum atomic E-state index is 13.0. The molecule has 4 rings (SSSR count). The van der Waals surface area contributed by atoms with Crippen molar-refractivity contribution in [3.63, 3.8) is 0 Å². The maximum Gasteiger partial charge on any atom is 0.325 e. The van der Waals surface area contributed by atoms with E-state index in [0.29, 0.717) is 31.1 Å². The van der Waals surface area contributed by atoms with E-state index >= 15 is 0 Å². The van der Waals surface area contributed by atoms with Crippen molar-refractivity contribution in [1.82, 2.24) is 15.1 Å². The number of carbonyl (C=O) groups is 3. The largest absolute Gasteiger partial charge is 0.486 e. The molecule has 156 valence electrons. The highest BCUT2D eigenvalue weighted by Crippen LogP contribution is 2.38. The number of amides is 4. The van der Waals surface area contributed by atoms with E-state index in [9.17, 15) is 14.4 Å². The molecular weight excluding hydrogens is 374 g/mol. The molecule has 1 saturated carbocycles. The molecule has 8 heteroatoms. The lowest BCUT2D eigenvalue weighted by molar-refractivity contribution is -0.140. The number of hydrogen-bond acceptors (Lipinski definition) is 5. The summed E-state index contributed by atoms with van der Waals surface area (Å²) in [6.45, 7) is 2.36. The summed E-state index contributed by atoms with van der Waals surface area (Å²) in [5, 5.41) is 2.88. The van der Waals surface area contributed by atoms with E-state index in [4.69, 9.17) is 9.47 Å². The first-order chi connectivity index (χ1) is 13.9. The minimum Gasteiger partial charge on any atom is -0.486 e. The number of imide groups is 1. The van der Waals surface area contributed by atoms with Gasteiger partial charge in [0.15, 0.2) is 17.6 Å². The van der Waals surface area contributed by atoms with E-state index in [1.807, 2.05) is 31.2 Å². The lowest BCUT2D eigenvalue weighted by atomic mass is 9.73. The summed E-state index contributed by atoms with van der Waals surface area (Å²) >= 11 is 0. The lowest BCUT2D eigenvalue weighted by Crippen LogP contribution is -2.54. The Morgan fingerprint density at radius 1 is 1.28 bits per heavy atom. The summed E-state index contributed by atoms with van der Waals surface area (Å²) in [6, 6.07) is 6.91. The van der Waals surface area contributed by atoms with Gasteiger partial charge in [-0.2, -0.15) is 0 Å². The molecule has 0 radical (unpaired) electrons. The first-order valence-corrected chi connectivity index (χ1v) is 10.2. The van der Waals surface area contributed by atoms with Crippen LogP contribution in [0.3, 0.4) is 0 Å². The minimum atomic E-state index is -0.849. The first kappa shape index (κ1) is 19.5. The van der Waals surface area contributed by atoms with Crippen LogP contribution in [0.2, 0.25) is 0 Å². The van der Waals surface area contributed by atoms with Gasteiger partial charge in [-0.15, -0.1) is 0 Å². The van der Waals surface area contributed by atoms with Crippen LogP contribution >= 0.6 is 0 Å². The molecule has 1 saturated heterocycles. The van der Waals surface area contributed by atoms with Crippen LogP contribution in [0.1, 0.15) is 32.6 Å². The highest BCUT2D eigenvalue weighted by Gasteiger charge is 2.55. The molecule has 0 aromatic heterocycles. The molecule has 3 aliphatic rings. The molecule has 4 amide bonds. The van der Waals surface area contributed by atoms with Gasteiger partial charge in [0.1, 0.15) is 18.7 Å². The fourth-order valence-corrected chi connectivity index (χ4v) is 4.46. The van der Waals surface area contributed by atoms with Crippen molar-refractivity contribution >= 4 is 17.8 Å². The number of benzene rings is 1. The number of para-hydroxylation sites is 2. The van der Waals surface area contributed by atoms with E-state index in [1.54, 1.807) is 7.05 Å². The van der Waals surface area contributed by atoms with E-state index in [2.05, 4.69) is 5.32 Å². The second kappa shape index (κ2) is 7.57. The molecule has 1 aliphatic carbocycles. The average Bonchev–Trinajstić information content (AvgIpc) is 2.95. The van der Waals surface area contributed by atoms with Crippen molar-refractivity contribution in [3.8, 4) is 11.5 Å². The standard InChI is InChI=1S/C21H27N3O5/c1-14-7-5-6-10-21(14)19(26)24(20(27)22-21)12-18(25)23(2)11-15-13-28-16-8-3-4-9-17(16)29-15/h3-4,8-9,14-15H,5-7,10-13H2,1-2H3,(H,22,27). The molecule has 2 heterocycles. The Labute approximate surface area is 170 Å². The van der Waals surface area contributed by atoms with Crippen LogP contribution in [0, 0.1) is 5.92 Å². The number of ether oxygens (including phenoxy) is 2. The minimum absolute atomic E-state index is 0.0680. The Kier molecular flexibility index (Phi) is 5.10. The fraction of sp³-hybridized carbons (Fsp3) is 0.571. The van der Waals surface area contributed by atoms with Gasteiger partial charge in [0, 0.05) is 7.05 Å². The summed E-state index contributed by atoms with van der Waals surface area (Å²) in [4.78, 5) is 40.7. The van der Waals surface area contributed by atoms with Crippen molar-refractivity contribution in [1.29, 1.82) is 0 Å². The highest BCUT2D eigenvalue weighted by molar-refractivity contribution is 6.09. The van der Waals surface area contributed by atoms with Crippen LogP contribution in [0.5, 0.6) is 11.5 Å². The lowest BCUT2D eigenvalue weighted by Gasteiger charge is -2.36. The molecule has 1 aromatic carbocycles. The van der Waals surface area contributed by atoms with E-state index in [-0.39, 0.29) is 30.4 Å². The Morgan fingerprint density at radius 3 is 2.79 bits per heavy atom. The molecule has 2 fully saturated rings. The molecule has 1 spiro atoms. The number of nitrogens with one attached hydrogen (secondary N) is 1. The summed E-state index contributed by atoms with van der Waals surface area (Å²) in [5.41, 5.74) is -0.849. The Balaban J connectivity index is 1.36. The van der Waals surface area contributed by atoms with E-state index < -0.39 is 11.6 Å². The van der Waals surface area contributed by atoms with Crippen LogP contribution in [0.15, 0.2) is 24.3 Å².